The number of carbonyl (C=O) groups excluding carboxylic acids is 1. The van der Waals surface area contributed by atoms with Crippen LogP contribution in [0.3, 0.4) is 0 Å². The van der Waals surface area contributed by atoms with Crippen molar-refractivity contribution in [2.75, 3.05) is 13.1 Å². The van der Waals surface area contributed by atoms with Crippen molar-refractivity contribution in [1.29, 1.82) is 0 Å². The quantitative estimate of drug-likeness (QED) is 0.714. The second kappa shape index (κ2) is 3.88. The van der Waals surface area contributed by atoms with Gasteiger partial charge in [0, 0.05) is 13.1 Å². The van der Waals surface area contributed by atoms with Crippen molar-refractivity contribution >= 4 is 6.09 Å². The lowest BCUT2D eigenvalue weighted by atomic mass is 9.39. The van der Waals surface area contributed by atoms with Crippen LogP contribution >= 0.6 is 0 Å². The molecule has 1 heterocycles. The lowest BCUT2D eigenvalue weighted by Gasteiger charge is -2.66. The van der Waals surface area contributed by atoms with Gasteiger partial charge in [0.1, 0.15) is 5.60 Å². The van der Waals surface area contributed by atoms with E-state index in [0.717, 1.165) is 24.9 Å². The molecule has 1 amide bonds. The summed E-state index contributed by atoms with van der Waals surface area (Å²) in [5, 5.41) is 0. The predicted octanol–water partition coefficient (Wildman–Crippen LogP) is 3.43. The Bertz CT molecular complexity index is 333. The van der Waals surface area contributed by atoms with E-state index in [2.05, 4.69) is 0 Å². The Balaban J connectivity index is 1.49. The molecule has 4 aliphatic rings. The van der Waals surface area contributed by atoms with Crippen LogP contribution in [-0.2, 0) is 4.74 Å². The van der Waals surface area contributed by atoms with Crippen LogP contribution in [0.1, 0.15) is 52.9 Å². The molecular weight excluding hydrogens is 226 g/mol. The Morgan fingerprint density at radius 1 is 1.17 bits per heavy atom. The zero-order valence-corrected chi connectivity index (χ0v) is 11.9. The molecule has 102 valence electrons. The molecule has 3 heteroatoms. The number of piperidine rings is 1. The monoisotopic (exact) mass is 251 g/mol. The van der Waals surface area contributed by atoms with Crippen LogP contribution in [0, 0.1) is 17.3 Å². The van der Waals surface area contributed by atoms with Gasteiger partial charge in [0.15, 0.2) is 0 Å². The van der Waals surface area contributed by atoms with E-state index in [9.17, 15) is 4.79 Å². The van der Waals surface area contributed by atoms with Crippen molar-refractivity contribution in [3.8, 4) is 0 Å². The van der Waals surface area contributed by atoms with Crippen molar-refractivity contribution in [3.05, 3.63) is 0 Å². The highest BCUT2D eigenvalue weighted by Crippen LogP contribution is 2.69. The molecule has 0 aromatic carbocycles. The fraction of sp³-hybridized carbons (Fsp3) is 0.933. The first-order valence-corrected chi connectivity index (χ1v) is 7.36. The fourth-order valence-electron chi connectivity index (χ4n) is 4.05. The Labute approximate surface area is 110 Å². The third-order valence-corrected chi connectivity index (χ3v) is 5.10. The number of carbonyl (C=O) groups is 1. The molecule has 0 N–H and O–H groups in total. The molecule has 4 fully saturated rings. The summed E-state index contributed by atoms with van der Waals surface area (Å²) in [5.41, 5.74) is 0.340. The van der Waals surface area contributed by atoms with Gasteiger partial charge in [-0.05, 0) is 70.1 Å². The van der Waals surface area contributed by atoms with Crippen LogP contribution in [0.25, 0.3) is 0 Å². The van der Waals surface area contributed by atoms with E-state index in [0.29, 0.717) is 5.41 Å². The first-order valence-electron chi connectivity index (χ1n) is 7.36. The Morgan fingerprint density at radius 2 is 1.72 bits per heavy atom. The van der Waals surface area contributed by atoms with Crippen LogP contribution in [0.4, 0.5) is 4.79 Å². The molecule has 3 aliphatic carbocycles. The first-order chi connectivity index (χ1) is 8.38. The molecule has 1 saturated heterocycles. The molecule has 3 nitrogen and oxygen atoms in total. The molecule has 0 spiro atoms. The average molecular weight is 251 g/mol. The number of rotatable bonds is 1. The summed E-state index contributed by atoms with van der Waals surface area (Å²) in [7, 11) is 0. The first kappa shape index (κ1) is 12.3. The predicted molar refractivity (Wildman–Crippen MR) is 70.3 cm³/mol. The zero-order valence-electron chi connectivity index (χ0n) is 11.9. The van der Waals surface area contributed by atoms with Gasteiger partial charge in [-0.1, -0.05) is 0 Å². The molecule has 0 unspecified atom stereocenters. The van der Waals surface area contributed by atoms with Gasteiger partial charge in [0.25, 0.3) is 0 Å². The maximum atomic E-state index is 12.0. The van der Waals surface area contributed by atoms with E-state index < -0.39 is 0 Å². The van der Waals surface area contributed by atoms with Crippen LogP contribution in [0.2, 0.25) is 0 Å². The standard InChI is InChI=1S/C15H25NO2/c1-14(2,3)18-13(17)16-6-4-12(5-7-16)15-8-11(9-15)10-15/h11-12H,4-10H2,1-3H3. The topological polar surface area (TPSA) is 29.5 Å². The molecule has 1 aliphatic heterocycles. The third kappa shape index (κ3) is 2.02. The molecule has 0 aromatic rings. The van der Waals surface area contributed by atoms with Crippen molar-refractivity contribution in [2.24, 2.45) is 17.3 Å². The summed E-state index contributed by atoms with van der Waals surface area (Å²) < 4.78 is 5.44. The number of amides is 1. The van der Waals surface area contributed by atoms with E-state index >= 15 is 0 Å². The van der Waals surface area contributed by atoms with E-state index in [-0.39, 0.29) is 11.7 Å². The minimum absolute atomic E-state index is 0.126. The number of hydrogen-bond acceptors (Lipinski definition) is 2. The highest BCUT2D eigenvalue weighted by atomic mass is 16.6. The van der Waals surface area contributed by atoms with Gasteiger partial charge in [0.2, 0.25) is 0 Å². The molecule has 0 atom stereocenters. The second-order valence-corrected chi connectivity index (χ2v) is 7.58. The van der Waals surface area contributed by atoms with Crippen molar-refractivity contribution < 1.29 is 9.53 Å². The summed E-state index contributed by atoms with van der Waals surface area (Å²) in [6.07, 6.45) is 6.68. The maximum absolute atomic E-state index is 12.0. The van der Waals surface area contributed by atoms with Crippen molar-refractivity contribution in [2.45, 2.75) is 58.5 Å². The molecule has 4 rings (SSSR count). The summed E-state index contributed by atoms with van der Waals surface area (Å²) in [6, 6.07) is 0. The van der Waals surface area contributed by atoms with Gasteiger partial charge in [-0.15, -0.1) is 0 Å². The van der Waals surface area contributed by atoms with Gasteiger partial charge < -0.3 is 9.64 Å². The van der Waals surface area contributed by atoms with Crippen LogP contribution < -0.4 is 0 Å². The third-order valence-electron chi connectivity index (χ3n) is 5.10. The lowest BCUT2D eigenvalue weighted by molar-refractivity contribution is -0.162. The van der Waals surface area contributed by atoms with Crippen LogP contribution in [-0.4, -0.2) is 29.7 Å². The summed E-state index contributed by atoms with van der Waals surface area (Å²) in [4.78, 5) is 13.9. The minimum atomic E-state index is -0.373. The second-order valence-electron chi connectivity index (χ2n) is 7.58. The average Bonchev–Trinajstić information content (AvgIpc) is 2.11. The fourth-order valence-corrected chi connectivity index (χ4v) is 4.05. The molecule has 2 bridgehead atoms. The summed E-state index contributed by atoms with van der Waals surface area (Å²) >= 11 is 0. The Hall–Kier alpha value is -0.730. The van der Waals surface area contributed by atoms with E-state index in [4.69, 9.17) is 4.74 Å². The van der Waals surface area contributed by atoms with Gasteiger partial charge >= 0.3 is 6.09 Å². The number of nitrogens with zero attached hydrogens (tertiary/aromatic N) is 1. The normalized spacial score (nSPS) is 35.7. The smallest absolute Gasteiger partial charge is 0.410 e. The number of ether oxygens (including phenoxy) is 1. The highest BCUT2D eigenvalue weighted by Gasteiger charge is 2.60. The largest absolute Gasteiger partial charge is 0.444 e. The molecule has 0 aromatic heterocycles. The van der Waals surface area contributed by atoms with E-state index in [1.54, 1.807) is 0 Å². The van der Waals surface area contributed by atoms with Crippen molar-refractivity contribution in [3.63, 3.8) is 0 Å². The van der Waals surface area contributed by atoms with Crippen LogP contribution in [0.15, 0.2) is 0 Å². The van der Waals surface area contributed by atoms with Gasteiger partial charge in [0.05, 0.1) is 0 Å². The van der Waals surface area contributed by atoms with Gasteiger partial charge in [-0.2, -0.15) is 0 Å². The Kier molecular flexibility index (Phi) is 2.65. The molecular formula is C15H25NO2. The highest BCUT2D eigenvalue weighted by molar-refractivity contribution is 5.68. The number of likely N-dealkylation sites (tertiary alicyclic amines) is 1. The summed E-state index contributed by atoms with van der Waals surface area (Å²) in [5.74, 6) is 1.94. The Morgan fingerprint density at radius 3 is 2.11 bits per heavy atom. The molecule has 3 saturated carbocycles. The van der Waals surface area contributed by atoms with Gasteiger partial charge in [-0.3, -0.25) is 0 Å². The molecule has 0 radical (unpaired) electrons. The number of hydrogen-bond donors (Lipinski definition) is 0. The van der Waals surface area contributed by atoms with Crippen molar-refractivity contribution in [1.82, 2.24) is 4.90 Å². The van der Waals surface area contributed by atoms with Gasteiger partial charge in [-0.25, -0.2) is 4.79 Å². The SMILES string of the molecule is CC(C)(C)OC(=O)N1CCC(C23CC(C2)C3)CC1. The minimum Gasteiger partial charge on any atom is -0.444 e. The van der Waals surface area contributed by atoms with E-state index in [1.807, 2.05) is 25.7 Å². The lowest BCUT2D eigenvalue weighted by Crippen LogP contribution is -2.58. The van der Waals surface area contributed by atoms with Crippen LogP contribution in [0.5, 0.6) is 0 Å². The zero-order chi connectivity index (χ0) is 13.0. The van der Waals surface area contributed by atoms with E-state index in [1.165, 1.54) is 32.1 Å². The maximum Gasteiger partial charge on any atom is 0.410 e. The molecule has 18 heavy (non-hydrogen) atoms. The summed E-state index contributed by atoms with van der Waals surface area (Å²) in [6.45, 7) is 7.58.